The first-order chi connectivity index (χ1) is 12.7. The molecule has 5 rings (SSSR count). The van der Waals surface area contributed by atoms with E-state index < -0.39 is 0 Å². The molecule has 132 valence electrons. The van der Waals surface area contributed by atoms with E-state index in [9.17, 15) is 4.79 Å². The van der Waals surface area contributed by atoms with Crippen LogP contribution in [0.1, 0.15) is 35.6 Å². The lowest BCUT2D eigenvalue weighted by molar-refractivity contribution is 0.0623. The van der Waals surface area contributed by atoms with Crippen molar-refractivity contribution in [2.75, 3.05) is 13.1 Å². The number of carbonyl (C=O) groups excluding carboxylic acids is 1. The number of aromatic amines is 1. The van der Waals surface area contributed by atoms with Crippen LogP contribution in [0.3, 0.4) is 0 Å². The molecule has 4 aromatic heterocycles. The van der Waals surface area contributed by atoms with Crippen LogP contribution < -0.4 is 0 Å². The number of likely N-dealkylation sites (tertiary alicyclic amines) is 1. The minimum atomic E-state index is -0.117. The van der Waals surface area contributed by atoms with Crippen molar-refractivity contribution in [3.05, 3.63) is 48.5 Å². The molecule has 0 bridgehead atoms. The summed E-state index contributed by atoms with van der Waals surface area (Å²) < 4.78 is 7.19. The second-order valence-electron chi connectivity index (χ2n) is 6.85. The second-order valence-corrected chi connectivity index (χ2v) is 6.85. The van der Waals surface area contributed by atoms with Crippen LogP contribution >= 0.6 is 0 Å². The molecule has 0 aromatic carbocycles. The fourth-order valence-electron chi connectivity index (χ4n) is 3.83. The van der Waals surface area contributed by atoms with E-state index in [0.717, 1.165) is 28.9 Å². The molecule has 1 amide bonds. The molecular formula is C18H18N6O2. The molecule has 0 radical (unpaired) electrons. The number of imidazole rings is 1. The average molecular weight is 350 g/mol. The predicted molar refractivity (Wildman–Crippen MR) is 93.8 cm³/mol. The molecule has 2 unspecified atom stereocenters. The quantitative estimate of drug-likeness (QED) is 0.599. The Morgan fingerprint density at radius 3 is 3.04 bits per heavy atom. The summed E-state index contributed by atoms with van der Waals surface area (Å²) in [5, 5.41) is 3.64. The normalized spacial score (nSPS) is 20.9. The van der Waals surface area contributed by atoms with Gasteiger partial charge in [0, 0.05) is 31.3 Å². The van der Waals surface area contributed by atoms with Gasteiger partial charge in [0.1, 0.15) is 5.82 Å². The first-order valence-electron chi connectivity index (χ1n) is 8.72. The van der Waals surface area contributed by atoms with E-state index in [1.165, 1.54) is 6.20 Å². The molecule has 5 heterocycles. The van der Waals surface area contributed by atoms with E-state index in [4.69, 9.17) is 9.51 Å². The smallest absolute Gasteiger partial charge is 0.292 e. The summed E-state index contributed by atoms with van der Waals surface area (Å²) in [4.78, 5) is 26.8. The number of fused-ring (bicyclic) bond motifs is 3. The van der Waals surface area contributed by atoms with Crippen molar-refractivity contribution in [1.29, 1.82) is 0 Å². The number of hydrogen-bond donors (Lipinski definition) is 1. The number of nitrogens with zero attached hydrogens (tertiary/aromatic N) is 5. The molecule has 0 saturated carbocycles. The van der Waals surface area contributed by atoms with E-state index in [1.54, 1.807) is 6.07 Å². The highest BCUT2D eigenvalue weighted by atomic mass is 16.5. The van der Waals surface area contributed by atoms with Gasteiger partial charge in [0.15, 0.2) is 5.65 Å². The Bertz CT molecular complexity index is 1080. The first-order valence-corrected chi connectivity index (χ1v) is 8.72. The lowest BCUT2D eigenvalue weighted by Gasteiger charge is -2.36. The highest BCUT2D eigenvalue weighted by Gasteiger charge is 2.34. The van der Waals surface area contributed by atoms with E-state index in [1.807, 2.05) is 29.6 Å². The molecule has 1 saturated heterocycles. The molecule has 8 nitrogen and oxygen atoms in total. The Hall–Kier alpha value is -3.16. The SMILES string of the molecule is CC1CCN(C(=O)c2ccno2)CC1c1ncc2cnc3[nH]ccc3n12. The van der Waals surface area contributed by atoms with Crippen LogP contribution in [-0.4, -0.2) is 48.4 Å². The largest absolute Gasteiger partial charge is 0.351 e. The third kappa shape index (κ3) is 2.22. The minimum Gasteiger partial charge on any atom is -0.351 e. The van der Waals surface area contributed by atoms with Gasteiger partial charge in [-0.05, 0) is 18.4 Å². The number of H-pyrrole nitrogens is 1. The number of nitrogens with one attached hydrogen (secondary N) is 1. The third-order valence-corrected chi connectivity index (χ3v) is 5.31. The molecule has 2 atom stereocenters. The van der Waals surface area contributed by atoms with Gasteiger partial charge in [-0.3, -0.25) is 9.20 Å². The highest BCUT2D eigenvalue weighted by molar-refractivity contribution is 5.91. The maximum atomic E-state index is 12.7. The number of piperidine rings is 1. The summed E-state index contributed by atoms with van der Waals surface area (Å²) in [5.74, 6) is 1.69. The summed E-state index contributed by atoms with van der Waals surface area (Å²) >= 11 is 0. The molecule has 4 aromatic rings. The number of rotatable bonds is 2. The number of hydrogen-bond acceptors (Lipinski definition) is 5. The van der Waals surface area contributed by atoms with Crippen LogP contribution in [0.5, 0.6) is 0 Å². The first kappa shape index (κ1) is 15.1. The summed E-state index contributed by atoms with van der Waals surface area (Å²) in [6, 6.07) is 3.61. The molecular weight excluding hydrogens is 332 g/mol. The van der Waals surface area contributed by atoms with Crippen molar-refractivity contribution >= 4 is 22.6 Å². The van der Waals surface area contributed by atoms with Gasteiger partial charge in [0.2, 0.25) is 5.76 Å². The van der Waals surface area contributed by atoms with E-state index in [0.29, 0.717) is 19.0 Å². The fourth-order valence-corrected chi connectivity index (χ4v) is 3.83. The molecule has 0 aliphatic carbocycles. The van der Waals surface area contributed by atoms with Crippen LogP contribution in [0, 0.1) is 5.92 Å². The highest BCUT2D eigenvalue weighted by Crippen LogP contribution is 2.33. The minimum absolute atomic E-state index is 0.117. The van der Waals surface area contributed by atoms with Gasteiger partial charge in [-0.15, -0.1) is 0 Å². The Kier molecular flexibility index (Phi) is 3.31. The van der Waals surface area contributed by atoms with Gasteiger partial charge < -0.3 is 14.4 Å². The summed E-state index contributed by atoms with van der Waals surface area (Å²) in [6.45, 7) is 3.53. The molecule has 1 aliphatic rings. The second kappa shape index (κ2) is 5.69. The standard InChI is InChI=1S/C18H18N6O2/c1-11-4-7-23(18(25)15-3-6-22-26-15)10-13(11)17-21-9-12-8-20-16-14(24(12)17)2-5-19-16/h2-3,5-6,8-9,11,13,19H,4,7,10H2,1H3. The van der Waals surface area contributed by atoms with Gasteiger partial charge >= 0.3 is 0 Å². The van der Waals surface area contributed by atoms with Crippen molar-refractivity contribution < 1.29 is 9.32 Å². The van der Waals surface area contributed by atoms with Crippen molar-refractivity contribution in [2.45, 2.75) is 19.3 Å². The maximum absolute atomic E-state index is 12.7. The van der Waals surface area contributed by atoms with Crippen LogP contribution in [-0.2, 0) is 0 Å². The predicted octanol–water partition coefficient (Wildman–Crippen LogP) is 2.46. The zero-order valence-corrected chi connectivity index (χ0v) is 14.3. The van der Waals surface area contributed by atoms with Gasteiger partial charge in [0.25, 0.3) is 5.91 Å². The zero-order valence-electron chi connectivity index (χ0n) is 14.3. The molecule has 1 aliphatic heterocycles. The maximum Gasteiger partial charge on any atom is 0.292 e. The lowest BCUT2D eigenvalue weighted by Crippen LogP contribution is -2.42. The van der Waals surface area contributed by atoms with Crippen LogP contribution in [0.15, 0.2) is 41.4 Å². The lowest BCUT2D eigenvalue weighted by atomic mass is 9.86. The van der Waals surface area contributed by atoms with Crippen molar-refractivity contribution in [3.8, 4) is 0 Å². The van der Waals surface area contributed by atoms with Gasteiger partial charge in [-0.25, -0.2) is 9.97 Å². The number of aromatic nitrogens is 5. The molecule has 0 spiro atoms. The van der Waals surface area contributed by atoms with Crippen molar-refractivity contribution in [2.24, 2.45) is 5.92 Å². The Morgan fingerprint density at radius 1 is 1.31 bits per heavy atom. The zero-order chi connectivity index (χ0) is 17.7. The fraction of sp³-hybridized carbons (Fsp3) is 0.333. The monoisotopic (exact) mass is 350 g/mol. The van der Waals surface area contributed by atoms with Gasteiger partial charge in [-0.1, -0.05) is 12.1 Å². The van der Waals surface area contributed by atoms with Crippen molar-refractivity contribution in [1.82, 2.24) is 29.4 Å². The van der Waals surface area contributed by atoms with Crippen LogP contribution in [0.2, 0.25) is 0 Å². The Balaban J connectivity index is 1.55. The Labute approximate surface area is 148 Å². The van der Waals surface area contributed by atoms with Crippen molar-refractivity contribution in [3.63, 3.8) is 0 Å². The summed E-state index contributed by atoms with van der Waals surface area (Å²) in [5.41, 5.74) is 2.79. The summed E-state index contributed by atoms with van der Waals surface area (Å²) in [6.07, 6.45) is 7.96. The number of amides is 1. The molecule has 26 heavy (non-hydrogen) atoms. The number of carbonyl (C=O) groups is 1. The van der Waals surface area contributed by atoms with Crippen LogP contribution in [0.4, 0.5) is 0 Å². The van der Waals surface area contributed by atoms with Gasteiger partial charge in [0.05, 0.1) is 29.6 Å². The third-order valence-electron chi connectivity index (χ3n) is 5.31. The molecule has 8 heteroatoms. The topological polar surface area (TPSA) is 92.3 Å². The van der Waals surface area contributed by atoms with Gasteiger partial charge in [-0.2, -0.15) is 0 Å². The molecule has 1 fully saturated rings. The van der Waals surface area contributed by atoms with E-state index >= 15 is 0 Å². The van der Waals surface area contributed by atoms with Crippen LogP contribution in [0.25, 0.3) is 16.7 Å². The van der Waals surface area contributed by atoms with E-state index in [-0.39, 0.29) is 17.6 Å². The Morgan fingerprint density at radius 2 is 2.19 bits per heavy atom. The average Bonchev–Trinajstić information content (AvgIpc) is 3.40. The van der Waals surface area contributed by atoms with E-state index in [2.05, 4.69) is 26.4 Å². The summed E-state index contributed by atoms with van der Waals surface area (Å²) in [7, 11) is 0. The molecule has 1 N–H and O–H groups in total.